The molecule has 0 N–H and O–H groups in total. The number of benzene rings is 4. The van der Waals surface area contributed by atoms with Gasteiger partial charge in [-0.1, -0.05) is 60.7 Å². The minimum absolute atomic E-state index is 0.463. The third kappa shape index (κ3) is 5.07. The zero-order valence-corrected chi connectivity index (χ0v) is 23.5. The van der Waals surface area contributed by atoms with E-state index >= 15 is 0 Å². The number of rotatable bonds is 12. The molecule has 39 heavy (non-hydrogen) atoms. The van der Waals surface area contributed by atoms with Crippen LogP contribution >= 0.6 is 0 Å². The molecular weight excluding hydrogens is 484 g/mol. The molecule has 5 rings (SSSR count). The van der Waals surface area contributed by atoms with Crippen LogP contribution < -0.4 is 9.47 Å². The van der Waals surface area contributed by atoms with Crippen molar-refractivity contribution in [2.24, 2.45) is 0 Å². The first-order valence-corrected chi connectivity index (χ1v) is 13.9. The highest BCUT2D eigenvalue weighted by Crippen LogP contribution is 2.57. The summed E-state index contributed by atoms with van der Waals surface area (Å²) in [5.74, 6) is 1.72. The van der Waals surface area contributed by atoms with Gasteiger partial charge in [0.25, 0.3) is 0 Å². The van der Waals surface area contributed by atoms with E-state index < -0.39 is 5.41 Å². The standard InChI is InChI=1S/C35H38O4/c1-5-36-19-21-38-27-15-17-31(25(3)23-27)35(32-18-16-28(24-26(32)4)39-22-20-37-6-2)33-13-9-7-11-29(33)30-12-8-10-14-34(30)35/h7-18,23-24H,5-6,19-22H2,1-4H3. The van der Waals surface area contributed by atoms with Crippen LogP contribution in [0, 0.1) is 13.8 Å². The van der Waals surface area contributed by atoms with Crippen LogP contribution in [-0.2, 0) is 14.9 Å². The quantitative estimate of drug-likeness (QED) is 0.159. The largest absolute Gasteiger partial charge is 0.491 e. The topological polar surface area (TPSA) is 36.9 Å². The SMILES string of the molecule is CCOCCOc1ccc(C2(c3ccc(OCCOCC)cc3C)c3ccccc3-c3ccccc32)c(C)c1. The molecule has 0 heterocycles. The van der Waals surface area contributed by atoms with Gasteiger partial charge in [0.2, 0.25) is 0 Å². The molecule has 4 aromatic carbocycles. The lowest BCUT2D eigenvalue weighted by Crippen LogP contribution is -2.30. The highest BCUT2D eigenvalue weighted by molar-refractivity contribution is 5.87. The maximum Gasteiger partial charge on any atom is 0.119 e. The molecule has 0 fully saturated rings. The number of hydrogen-bond acceptors (Lipinski definition) is 4. The van der Waals surface area contributed by atoms with Crippen molar-refractivity contribution in [2.45, 2.75) is 33.1 Å². The first-order chi connectivity index (χ1) is 19.1. The molecule has 0 amide bonds. The minimum Gasteiger partial charge on any atom is -0.491 e. The first kappa shape index (κ1) is 27.0. The van der Waals surface area contributed by atoms with Gasteiger partial charge < -0.3 is 18.9 Å². The molecule has 0 unspecified atom stereocenters. The summed E-state index contributed by atoms with van der Waals surface area (Å²) in [6.45, 7) is 12.0. The summed E-state index contributed by atoms with van der Waals surface area (Å²) in [7, 11) is 0. The van der Waals surface area contributed by atoms with E-state index in [0.29, 0.717) is 39.6 Å². The zero-order valence-electron chi connectivity index (χ0n) is 23.5. The average Bonchev–Trinajstić information content (AvgIpc) is 3.25. The monoisotopic (exact) mass is 522 g/mol. The lowest BCUT2D eigenvalue weighted by atomic mass is 9.65. The van der Waals surface area contributed by atoms with Crippen LogP contribution in [0.4, 0.5) is 0 Å². The molecule has 0 aliphatic heterocycles. The van der Waals surface area contributed by atoms with Crippen LogP contribution in [0.5, 0.6) is 11.5 Å². The Labute approximate surface area is 232 Å². The Bertz CT molecular complexity index is 1320. The highest BCUT2D eigenvalue weighted by atomic mass is 16.5. The molecule has 0 aromatic heterocycles. The second kappa shape index (κ2) is 12.1. The molecule has 0 saturated carbocycles. The summed E-state index contributed by atoms with van der Waals surface area (Å²) >= 11 is 0. The Morgan fingerprint density at radius 1 is 0.513 bits per heavy atom. The highest BCUT2D eigenvalue weighted by Gasteiger charge is 2.47. The molecule has 0 radical (unpaired) electrons. The molecule has 202 valence electrons. The lowest BCUT2D eigenvalue weighted by molar-refractivity contribution is 0.110. The summed E-state index contributed by atoms with van der Waals surface area (Å²) in [4.78, 5) is 0. The average molecular weight is 523 g/mol. The maximum absolute atomic E-state index is 6.03. The molecule has 1 aliphatic carbocycles. The minimum atomic E-state index is -0.463. The van der Waals surface area contributed by atoms with Crippen LogP contribution in [-0.4, -0.2) is 39.6 Å². The van der Waals surface area contributed by atoms with E-state index in [1.165, 1.54) is 44.5 Å². The molecule has 4 heteroatoms. The van der Waals surface area contributed by atoms with Crippen molar-refractivity contribution in [3.63, 3.8) is 0 Å². The van der Waals surface area contributed by atoms with Gasteiger partial charge in [0, 0.05) is 13.2 Å². The molecule has 0 bridgehead atoms. The fraction of sp³-hybridized carbons (Fsp3) is 0.314. The summed E-state index contributed by atoms with van der Waals surface area (Å²) in [5.41, 5.74) is 9.57. The summed E-state index contributed by atoms with van der Waals surface area (Å²) in [5, 5.41) is 0. The predicted molar refractivity (Wildman–Crippen MR) is 157 cm³/mol. The van der Waals surface area contributed by atoms with E-state index in [1.54, 1.807) is 0 Å². The van der Waals surface area contributed by atoms with Crippen LogP contribution in [0.15, 0.2) is 84.9 Å². The van der Waals surface area contributed by atoms with Crippen LogP contribution in [0.25, 0.3) is 11.1 Å². The number of ether oxygens (including phenoxy) is 4. The normalized spacial score (nSPS) is 13.1. The molecular formula is C35H38O4. The number of fused-ring (bicyclic) bond motifs is 3. The zero-order chi connectivity index (χ0) is 27.2. The third-order valence-corrected chi connectivity index (χ3v) is 7.56. The van der Waals surface area contributed by atoms with E-state index in [1.807, 2.05) is 13.8 Å². The van der Waals surface area contributed by atoms with Crippen molar-refractivity contribution in [1.82, 2.24) is 0 Å². The summed E-state index contributed by atoms with van der Waals surface area (Å²) in [6.07, 6.45) is 0. The predicted octanol–water partition coefficient (Wildman–Crippen LogP) is 7.50. The van der Waals surface area contributed by atoms with E-state index in [4.69, 9.17) is 18.9 Å². The Morgan fingerprint density at radius 2 is 0.949 bits per heavy atom. The second-order valence-electron chi connectivity index (χ2n) is 9.89. The Hall–Kier alpha value is -3.60. The van der Waals surface area contributed by atoms with Gasteiger partial charge in [-0.3, -0.25) is 0 Å². The van der Waals surface area contributed by atoms with Gasteiger partial charge in [-0.25, -0.2) is 0 Å². The van der Waals surface area contributed by atoms with E-state index in [2.05, 4.69) is 98.8 Å². The molecule has 1 aliphatic rings. The Balaban J connectivity index is 1.65. The van der Waals surface area contributed by atoms with Gasteiger partial charge >= 0.3 is 0 Å². The van der Waals surface area contributed by atoms with Crippen molar-refractivity contribution in [2.75, 3.05) is 39.6 Å². The Morgan fingerprint density at radius 3 is 1.36 bits per heavy atom. The smallest absolute Gasteiger partial charge is 0.119 e. The number of hydrogen-bond donors (Lipinski definition) is 0. The van der Waals surface area contributed by atoms with Crippen LogP contribution in [0.1, 0.15) is 47.2 Å². The van der Waals surface area contributed by atoms with E-state index in [0.717, 1.165) is 11.5 Å². The van der Waals surface area contributed by atoms with Crippen LogP contribution in [0.2, 0.25) is 0 Å². The van der Waals surface area contributed by atoms with Gasteiger partial charge in [0.15, 0.2) is 0 Å². The molecule has 0 atom stereocenters. The molecule has 0 spiro atoms. The van der Waals surface area contributed by atoms with Crippen LogP contribution in [0.3, 0.4) is 0 Å². The van der Waals surface area contributed by atoms with Gasteiger partial charge in [-0.15, -0.1) is 0 Å². The molecule has 4 nitrogen and oxygen atoms in total. The second-order valence-corrected chi connectivity index (χ2v) is 9.89. The maximum atomic E-state index is 6.03. The fourth-order valence-electron chi connectivity index (χ4n) is 5.98. The van der Waals surface area contributed by atoms with Gasteiger partial charge in [-0.05, 0) is 96.5 Å². The van der Waals surface area contributed by atoms with Gasteiger partial charge in [-0.2, -0.15) is 0 Å². The van der Waals surface area contributed by atoms with Crippen molar-refractivity contribution in [3.05, 3.63) is 118 Å². The number of aryl methyl sites for hydroxylation is 2. The van der Waals surface area contributed by atoms with Gasteiger partial charge in [0.1, 0.15) is 24.7 Å². The van der Waals surface area contributed by atoms with Gasteiger partial charge in [0.05, 0.1) is 18.6 Å². The summed E-state index contributed by atoms with van der Waals surface area (Å²) < 4.78 is 23.0. The van der Waals surface area contributed by atoms with Crippen molar-refractivity contribution >= 4 is 0 Å². The molecule has 0 saturated heterocycles. The Kier molecular flexibility index (Phi) is 8.35. The lowest BCUT2D eigenvalue weighted by Gasteiger charge is -2.36. The van der Waals surface area contributed by atoms with E-state index in [9.17, 15) is 0 Å². The van der Waals surface area contributed by atoms with E-state index in [-0.39, 0.29) is 0 Å². The van der Waals surface area contributed by atoms with Crippen molar-refractivity contribution in [3.8, 4) is 22.6 Å². The molecule has 4 aromatic rings. The fourth-order valence-corrected chi connectivity index (χ4v) is 5.98. The van der Waals surface area contributed by atoms with Crippen molar-refractivity contribution in [1.29, 1.82) is 0 Å². The van der Waals surface area contributed by atoms with Crippen molar-refractivity contribution < 1.29 is 18.9 Å². The summed E-state index contributed by atoms with van der Waals surface area (Å²) in [6, 6.07) is 30.6. The first-order valence-electron chi connectivity index (χ1n) is 13.9. The third-order valence-electron chi connectivity index (χ3n) is 7.56.